The van der Waals surface area contributed by atoms with E-state index in [0.29, 0.717) is 5.84 Å². The molecule has 0 fully saturated rings. The van der Waals surface area contributed by atoms with Gasteiger partial charge in [-0.1, -0.05) is 42.5 Å². The molecule has 0 aliphatic heterocycles. The molecule has 0 atom stereocenters. The van der Waals surface area contributed by atoms with Crippen LogP contribution in [0.15, 0.2) is 47.5 Å². The van der Waals surface area contributed by atoms with Gasteiger partial charge in [0.15, 0.2) is 5.78 Å². The number of hydrogen-bond acceptors (Lipinski definition) is 2. The van der Waals surface area contributed by atoms with Crippen LogP contribution >= 0.6 is 37.2 Å². The van der Waals surface area contributed by atoms with Crippen LogP contribution in [0.3, 0.4) is 0 Å². The summed E-state index contributed by atoms with van der Waals surface area (Å²) in [7, 11) is 1.70. The highest BCUT2D eigenvalue weighted by Crippen LogP contribution is 2.15. The molecular formula is C20H24I2N2O. The van der Waals surface area contributed by atoms with Crippen LogP contribution in [-0.2, 0) is 12.8 Å². The number of benzene rings is 2. The van der Waals surface area contributed by atoms with Gasteiger partial charge in [-0.3, -0.25) is 9.79 Å². The molecule has 0 unspecified atom stereocenters. The molecule has 2 N–H and O–H groups in total. The van der Waals surface area contributed by atoms with Crippen molar-refractivity contribution in [1.29, 1.82) is 0 Å². The number of aliphatic imine (C=N–C) groups is 1. The number of hydrogen-bond donors (Lipinski definition) is 1. The van der Waals surface area contributed by atoms with E-state index in [2.05, 4.69) is 66.5 Å². The van der Waals surface area contributed by atoms with E-state index in [1.54, 1.807) is 14.0 Å². The van der Waals surface area contributed by atoms with E-state index in [4.69, 9.17) is 5.73 Å². The topological polar surface area (TPSA) is 55.4 Å². The standard InChI is InChI=1S/C20H24N2O.I2/c1-14-13-17(9-12-19(14)15(2)23)6-4-5-16-7-10-18(11-8-16)20(21)22-3;1-2/h7-13H,4-6H2,1-3H3,(H2,21,22);. The minimum absolute atomic E-state index is 0.129. The monoisotopic (exact) mass is 562 g/mol. The maximum absolute atomic E-state index is 11.5. The third kappa shape index (κ3) is 7.05. The van der Waals surface area contributed by atoms with E-state index < -0.39 is 0 Å². The summed E-state index contributed by atoms with van der Waals surface area (Å²) < 4.78 is 0. The van der Waals surface area contributed by atoms with Gasteiger partial charge in [0, 0.05) is 55.4 Å². The van der Waals surface area contributed by atoms with E-state index >= 15 is 0 Å². The molecular weight excluding hydrogens is 538 g/mol. The van der Waals surface area contributed by atoms with E-state index in [1.165, 1.54) is 11.1 Å². The third-order valence-electron chi connectivity index (χ3n) is 4.09. The van der Waals surface area contributed by atoms with Gasteiger partial charge in [0.25, 0.3) is 0 Å². The Labute approximate surface area is 173 Å². The quantitative estimate of drug-likeness (QED) is 0.220. The lowest BCUT2D eigenvalue weighted by Crippen LogP contribution is -2.12. The molecule has 0 aromatic heterocycles. The van der Waals surface area contributed by atoms with Crippen LogP contribution in [0.5, 0.6) is 0 Å². The lowest BCUT2D eigenvalue weighted by atomic mass is 9.98. The third-order valence-corrected chi connectivity index (χ3v) is 4.09. The first kappa shape index (κ1) is 22.1. The number of amidine groups is 1. The number of ketones is 1. The first-order valence-electron chi connectivity index (χ1n) is 8.07. The van der Waals surface area contributed by atoms with Gasteiger partial charge in [0.2, 0.25) is 0 Å². The summed E-state index contributed by atoms with van der Waals surface area (Å²) in [4.78, 5) is 15.4. The van der Waals surface area contributed by atoms with E-state index in [-0.39, 0.29) is 5.78 Å². The maximum atomic E-state index is 11.5. The number of aryl methyl sites for hydroxylation is 3. The average Bonchev–Trinajstić information content (AvgIpc) is 2.63. The highest BCUT2D eigenvalue weighted by atomic mass is 128. The molecule has 0 spiro atoms. The molecule has 134 valence electrons. The second kappa shape index (κ2) is 11.6. The molecule has 0 radical (unpaired) electrons. The molecule has 0 aliphatic carbocycles. The summed E-state index contributed by atoms with van der Waals surface area (Å²) in [6.07, 6.45) is 3.12. The van der Waals surface area contributed by atoms with Crippen LogP contribution in [0.1, 0.15) is 46.0 Å². The summed E-state index contributed by atoms with van der Waals surface area (Å²) in [5.74, 6) is 0.696. The zero-order chi connectivity index (χ0) is 18.8. The molecule has 2 aromatic carbocycles. The van der Waals surface area contributed by atoms with Crippen LogP contribution < -0.4 is 5.73 Å². The molecule has 0 heterocycles. The van der Waals surface area contributed by atoms with Gasteiger partial charge < -0.3 is 5.73 Å². The first-order chi connectivity index (χ1) is 12.0. The maximum Gasteiger partial charge on any atom is 0.160 e. The largest absolute Gasteiger partial charge is 0.384 e. The van der Waals surface area contributed by atoms with Gasteiger partial charge in [0.1, 0.15) is 5.84 Å². The van der Waals surface area contributed by atoms with Gasteiger partial charge in [-0.05, 0) is 49.8 Å². The molecule has 25 heavy (non-hydrogen) atoms. The Hall–Kier alpha value is -0.960. The van der Waals surface area contributed by atoms with Crippen LogP contribution in [0.2, 0.25) is 0 Å². The number of nitrogens with zero attached hydrogens (tertiary/aromatic N) is 1. The first-order valence-corrected chi connectivity index (χ1v) is 14.4. The van der Waals surface area contributed by atoms with E-state index in [0.717, 1.165) is 36.0 Å². The Kier molecular flexibility index (Phi) is 10.3. The van der Waals surface area contributed by atoms with Crippen LogP contribution in [0.25, 0.3) is 0 Å². The molecule has 0 saturated heterocycles. The Balaban J connectivity index is 0.00000151. The van der Waals surface area contributed by atoms with Crippen LogP contribution in [0, 0.1) is 6.92 Å². The number of halogens is 2. The summed E-state index contributed by atoms with van der Waals surface area (Å²) in [5, 5.41) is 0. The van der Waals surface area contributed by atoms with Gasteiger partial charge in [-0.15, -0.1) is 0 Å². The summed E-state index contributed by atoms with van der Waals surface area (Å²) in [5.41, 5.74) is 11.2. The van der Waals surface area contributed by atoms with Gasteiger partial charge >= 0.3 is 0 Å². The normalized spacial score (nSPS) is 10.8. The number of rotatable bonds is 6. The summed E-state index contributed by atoms with van der Waals surface area (Å²) >= 11 is 4.24. The van der Waals surface area contributed by atoms with Crippen molar-refractivity contribution in [3.8, 4) is 0 Å². The zero-order valence-corrected chi connectivity index (χ0v) is 19.2. The summed E-state index contributed by atoms with van der Waals surface area (Å²) in [6, 6.07) is 14.4. The van der Waals surface area contributed by atoms with Crippen molar-refractivity contribution in [2.75, 3.05) is 7.05 Å². The minimum Gasteiger partial charge on any atom is -0.384 e. The number of Topliss-reactive ketones (excluding diaryl/α,β-unsaturated/α-hetero) is 1. The molecule has 5 heteroatoms. The Morgan fingerprint density at radius 2 is 1.60 bits per heavy atom. The molecule has 2 aromatic rings. The smallest absolute Gasteiger partial charge is 0.160 e. The Bertz CT molecular complexity index is 725. The second-order valence-electron chi connectivity index (χ2n) is 5.86. The lowest BCUT2D eigenvalue weighted by Gasteiger charge is -2.07. The van der Waals surface area contributed by atoms with Crippen LogP contribution in [0.4, 0.5) is 0 Å². The van der Waals surface area contributed by atoms with Crippen molar-refractivity contribution >= 4 is 48.9 Å². The number of carbonyl (C=O) groups excluding carboxylic acids is 1. The fourth-order valence-corrected chi connectivity index (χ4v) is 2.74. The number of nitrogens with two attached hydrogens (primary N) is 1. The second-order valence-corrected chi connectivity index (χ2v) is 5.86. The zero-order valence-electron chi connectivity index (χ0n) is 14.9. The predicted molar refractivity (Wildman–Crippen MR) is 124 cm³/mol. The van der Waals surface area contributed by atoms with Gasteiger partial charge in [-0.2, -0.15) is 0 Å². The molecule has 0 saturated carbocycles. The highest BCUT2D eigenvalue weighted by Gasteiger charge is 2.05. The van der Waals surface area contributed by atoms with Crippen LogP contribution in [-0.4, -0.2) is 18.7 Å². The van der Waals surface area contributed by atoms with E-state index in [9.17, 15) is 4.79 Å². The fraction of sp³-hybridized carbons (Fsp3) is 0.300. The van der Waals surface area contributed by atoms with Crippen molar-refractivity contribution in [3.63, 3.8) is 0 Å². The SMILES string of the molecule is CN=C(N)c1ccc(CCCc2ccc(C(C)=O)c(C)c2)cc1.II. The molecule has 0 amide bonds. The van der Waals surface area contributed by atoms with Gasteiger partial charge in [0.05, 0.1) is 0 Å². The molecule has 0 bridgehead atoms. The Morgan fingerprint density at radius 1 is 1.04 bits per heavy atom. The van der Waals surface area contributed by atoms with Crippen molar-refractivity contribution < 1.29 is 4.79 Å². The van der Waals surface area contributed by atoms with Crippen molar-refractivity contribution in [2.24, 2.45) is 10.7 Å². The predicted octanol–water partition coefficient (Wildman–Crippen LogP) is 5.48. The van der Waals surface area contributed by atoms with Gasteiger partial charge in [-0.25, -0.2) is 0 Å². The molecule has 3 nitrogen and oxygen atoms in total. The van der Waals surface area contributed by atoms with Crippen molar-refractivity contribution in [1.82, 2.24) is 0 Å². The minimum atomic E-state index is 0.129. The van der Waals surface area contributed by atoms with Crippen molar-refractivity contribution in [3.05, 3.63) is 70.3 Å². The van der Waals surface area contributed by atoms with Crippen molar-refractivity contribution in [2.45, 2.75) is 33.1 Å². The average molecular weight is 562 g/mol. The lowest BCUT2D eigenvalue weighted by molar-refractivity contribution is 0.101. The Morgan fingerprint density at radius 3 is 2.12 bits per heavy atom. The van der Waals surface area contributed by atoms with E-state index in [1.807, 2.05) is 25.1 Å². The number of carbonyl (C=O) groups is 1. The highest BCUT2D eigenvalue weighted by molar-refractivity contribution is 15.0. The molecule has 2 rings (SSSR count). The fourth-order valence-electron chi connectivity index (χ4n) is 2.74. The summed E-state index contributed by atoms with van der Waals surface area (Å²) in [6.45, 7) is 3.61. The molecule has 0 aliphatic rings.